The van der Waals surface area contributed by atoms with E-state index < -0.39 is 0 Å². The molecule has 2 aliphatic rings. The monoisotopic (exact) mass is 153 g/mol. The Morgan fingerprint density at radius 3 is 2.45 bits per heavy atom. The molecule has 0 aromatic rings. The van der Waals surface area contributed by atoms with Crippen LogP contribution >= 0.6 is 0 Å². The van der Waals surface area contributed by atoms with E-state index in [1.807, 2.05) is 0 Å². The maximum Gasteiger partial charge on any atom is 0.410 e. The van der Waals surface area contributed by atoms with Crippen LogP contribution in [-0.2, 0) is 4.74 Å². The summed E-state index contributed by atoms with van der Waals surface area (Å²) in [5.41, 5.74) is 0. The van der Waals surface area contributed by atoms with Gasteiger partial charge in [0.05, 0.1) is 19.2 Å². The highest BCUT2D eigenvalue weighted by Gasteiger charge is 2.50. The highest BCUT2D eigenvalue weighted by Crippen LogP contribution is 2.37. The van der Waals surface area contributed by atoms with E-state index >= 15 is 0 Å². The fourth-order valence-corrected chi connectivity index (χ4v) is 1.72. The third kappa shape index (κ3) is 0.914. The second-order valence-corrected chi connectivity index (χ2v) is 2.95. The fourth-order valence-electron chi connectivity index (χ4n) is 1.72. The molecule has 2 atom stereocenters. The Labute approximate surface area is 65.6 Å². The maximum absolute atomic E-state index is 11.0. The van der Waals surface area contributed by atoms with Crippen LogP contribution in [0.15, 0.2) is 12.2 Å². The van der Waals surface area contributed by atoms with Crippen molar-refractivity contribution in [3.63, 3.8) is 0 Å². The molecule has 0 unspecified atom stereocenters. The van der Waals surface area contributed by atoms with Crippen LogP contribution in [0.25, 0.3) is 0 Å². The zero-order valence-corrected chi connectivity index (χ0v) is 6.49. The van der Waals surface area contributed by atoms with Crippen LogP contribution < -0.4 is 0 Å². The van der Waals surface area contributed by atoms with Crippen molar-refractivity contribution in [1.82, 2.24) is 4.90 Å². The minimum atomic E-state index is -0.177. The number of carbonyl (C=O) groups is 1. The van der Waals surface area contributed by atoms with Gasteiger partial charge in [0, 0.05) is 0 Å². The Hall–Kier alpha value is -0.990. The second-order valence-electron chi connectivity index (χ2n) is 2.95. The van der Waals surface area contributed by atoms with Crippen molar-refractivity contribution in [2.24, 2.45) is 0 Å². The van der Waals surface area contributed by atoms with Crippen LogP contribution in [0.2, 0.25) is 0 Å². The Morgan fingerprint density at radius 1 is 1.45 bits per heavy atom. The SMILES string of the molecule is COC(=O)N1[C@@H]2CC=CC[C@@H]21. The summed E-state index contributed by atoms with van der Waals surface area (Å²) in [6, 6.07) is 0.875. The van der Waals surface area contributed by atoms with Crippen LogP contribution in [0.5, 0.6) is 0 Å². The summed E-state index contributed by atoms with van der Waals surface area (Å²) < 4.78 is 4.63. The van der Waals surface area contributed by atoms with Crippen molar-refractivity contribution < 1.29 is 9.53 Å². The first-order valence-electron chi connectivity index (χ1n) is 3.86. The number of nitrogens with zero attached hydrogens (tertiary/aromatic N) is 1. The van der Waals surface area contributed by atoms with Crippen LogP contribution in [0.3, 0.4) is 0 Å². The van der Waals surface area contributed by atoms with Gasteiger partial charge >= 0.3 is 6.09 Å². The number of fused-ring (bicyclic) bond motifs is 1. The molecule has 0 N–H and O–H groups in total. The van der Waals surface area contributed by atoms with Crippen molar-refractivity contribution >= 4 is 6.09 Å². The average Bonchev–Trinajstić information content (AvgIpc) is 2.77. The quantitative estimate of drug-likeness (QED) is 0.386. The molecule has 0 spiro atoms. The van der Waals surface area contributed by atoms with Gasteiger partial charge in [0.1, 0.15) is 0 Å². The molecule has 1 heterocycles. The van der Waals surface area contributed by atoms with E-state index in [1.165, 1.54) is 7.11 Å². The molecule has 11 heavy (non-hydrogen) atoms. The molecule has 1 aliphatic carbocycles. The standard InChI is InChI=1S/C8H11NO2/c1-11-8(10)9-6-4-2-3-5-7(6)9/h2-3,6-7H,4-5H2,1H3/t6-,7+,9?. The average molecular weight is 153 g/mol. The van der Waals surface area contributed by atoms with E-state index in [9.17, 15) is 4.79 Å². The van der Waals surface area contributed by atoms with Crippen molar-refractivity contribution in [3.05, 3.63) is 12.2 Å². The molecule has 0 radical (unpaired) electrons. The van der Waals surface area contributed by atoms with Gasteiger partial charge in [-0.15, -0.1) is 0 Å². The van der Waals surface area contributed by atoms with Crippen LogP contribution in [0, 0.1) is 0 Å². The Balaban J connectivity index is 1.98. The first kappa shape index (κ1) is 6.70. The normalized spacial score (nSPS) is 33.0. The summed E-state index contributed by atoms with van der Waals surface area (Å²) in [6.07, 6.45) is 6.08. The number of hydrogen-bond acceptors (Lipinski definition) is 2. The lowest BCUT2D eigenvalue weighted by Gasteiger charge is -1.99. The molecule has 3 heteroatoms. The number of amides is 1. The highest BCUT2D eigenvalue weighted by atomic mass is 16.5. The molecular formula is C8H11NO2. The third-order valence-electron chi connectivity index (χ3n) is 2.38. The van der Waals surface area contributed by atoms with Crippen LogP contribution in [-0.4, -0.2) is 30.2 Å². The lowest BCUT2D eigenvalue weighted by Crippen LogP contribution is -2.13. The summed E-state index contributed by atoms with van der Waals surface area (Å²) in [7, 11) is 1.43. The van der Waals surface area contributed by atoms with Gasteiger partial charge in [-0.05, 0) is 12.8 Å². The molecule has 60 valence electrons. The fraction of sp³-hybridized carbons (Fsp3) is 0.625. The van der Waals surface area contributed by atoms with Crippen molar-refractivity contribution in [1.29, 1.82) is 0 Å². The molecule has 1 saturated heterocycles. The highest BCUT2D eigenvalue weighted by molar-refractivity contribution is 5.72. The van der Waals surface area contributed by atoms with Crippen molar-refractivity contribution in [2.45, 2.75) is 24.9 Å². The van der Waals surface area contributed by atoms with E-state index in [1.54, 1.807) is 4.90 Å². The summed E-state index contributed by atoms with van der Waals surface area (Å²) in [5, 5.41) is 0. The van der Waals surface area contributed by atoms with Gasteiger partial charge in [0.25, 0.3) is 0 Å². The summed E-state index contributed by atoms with van der Waals surface area (Å²) >= 11 is 0. The number of carbonyl (C=O) groups excluding carboxylic acids is 1. The van der Waals surface area contributed by atoms with Crippen LogP contribution in [0.4, 0.5) is 4.79 Å². The molecule has 0 saturated carbocycles. The zero-order chi connectivity index (χ0) is 7.84. The maximum atomic E-state index is 11.0. The minimum absolute atomic E-state index is 0.177. The van der Waals surface area contributed by atoms with Gasteiger partial charge in [-0.3, -0.25) is 4.90 Å². The number of hydrogen-bond donors (Lipinski definition) is 0. The molecule has 0 bridgehead atoms. The van der Waals surface area contributed by atoms with E-state index in [2.05, 4.69) is 16.9 Å². The van der Waals surface area contributed by atoms with Gasteiger partial charge in [0.15, 0.2) is 0 Å². The van der Waals surface area contributed by atoms with Gasteiger partial charge in [-0.2, -0.15) is 0 Å². The molecule has 1 fully saturated rings. The number of ether oxygens (including phenoxy) is 1. The second kappa shape index (κ2) is 2.26. The van der Waals surface area contributed by atoms with Crippen LogP contribution in [0.1, 0.15) is 12.8 Å². The number of methoxy groups -OCH3 is 1. The molecule has 0 aromatic carbocycles. The first-order chi connectivity index (χ1) is 5.34. The molecule has 1 aliphatic heterocycles. The molecule has 1 amide bonds. The molecular weight excluding hydrogens is 142 g/mol. The minimum Gasteiger partial charge on any atom is -0.453 e. The summed E-state index contributed by atoms with van der Waals surface area (Å²) in [5.74, 6) is 0. The van der Waals surface area contributed by atoms with Gasteiger partial charge < -0.3 is 4.74 Å². The topological polar surface area (TPSA) is 29.3 Å². The number of rotatable bonds is 0. The van der Waals surface area contributed by atoms with E-state index in [4.69, 9.17) is 0 Å². The lowest BCUT2D eigenvalue weighted by molar-refractivity contribution is 0.150. The molecule has 0 aromatic heterocycles. The summed E-state index contributed by atoms with van der Waals surface area (Å²) in [6.45, 7) is 0. The van der Waals surface area contributed by atoms with Gasteiger partial charge in [0.2, 0.25) is 0 Å². The summed E-state index contributed by atoms with van der Waals surface area (Å²) in [4.78, 5) is 12.8. The predicted octanol–water partition coefficient (Wildman–Crippen LogP) is 1.16. The van der Waals surface area contributed by atoms with Gasteiger partial charge in [-0.1, -0.05) is 12.2 Å². The van der Waals surface area contributed by atoms with Crippen molar-refractivity contribution in [3.8, 4) is 0 Å². The predicted molar refractivity (Wildman–Crippen MR) is 40.2 cm³/mol. The van der Waals surface area contributed by atoms with E-state index in [-0.39, 0.29) is 6.09 Å². The Morgan fingerprint density at radius 2 is 2.00 bits per heavy atom. The van der Waals surface area contributed by atoms with Gasteiger partial charge in [-0.25, -0.2) is 4.79 Å². The van der Waals surface area contributed by atoms with E-state index in [0.717, 1.165) is 12.8 Å². The van der Waals surface area contributed by atoms with E-state index in [0.29, 0.717) is 12.1 Å². The molecule has 3 nitrogen and oxygen atoms in total. The van der Waals surface area contributed by atoms with Crippen molar-refractivity contribution in [2.75, 3.05) is 7.11 Å². The third-order valence-corrected chi connectivity index (χ3v) is 2.38. The lowest BCUT2D eigenvalue weighted by atomic mass is 10.1. The Bertz CT molecular complexity index is 198. The Kier molecular flexibility index (Phi) is 1.37. The largest absolute Gasteiger partial charge is 0.453 e. The first-order valence-corrected chi connectivity index (χ1v) is 3.86. The smallest absolute Gasteiger partial charge is 0.410 e. The molecule has 2 rings (SSSR count). The zero-order valence-electron chi connectivity index (χ0n) is 6.49.